The molecule has 0 fully saturated rings. The van der Waals surface area contributed by atoms with Crippen molar-refractivity contribution < 1.29 is 38.9 Å². The van der Waals surface area contributed by atoms with Crippen LogP contribution in [0.25, 0.3) is 33.6 Å². The third-order valence-corrected chi connectivity index (χ3v) is 10.2. The number of rotatable bonds is 21. The van der Waals surface area contributed by atoms with Crippen molar-refractivity contribution in [2.75, 3.05) is 6.61 Å². The summed E-state index contributed by atoms with van der Waals surface area (Å²) in [6, 6.07) is 32.2. The summed E-state index contributed by atoms with van der Waals surface area (Å²) in [5.74, 6) is -3.49. The van der Waals surface area contributed by atoms with Crippen molar-refractivity contribution in [3.8, 4) is 33.6 Å². The minimum absolute atomic E-state index is 0.153. The SMILES string of the molecule is CCCCC(=O)N(Cc1ccc(-c2ccccc2-c2nn[nH]n2)cc1)[C@H](C(=O)[O-])C(C)C.CCOC(=O)[C@H](C)C[C@@H](Cc1ccc(-c2ccccc2)cc1)NC(=O)CCC(=O)[O-]. The van der Waals surface area contributed by atoms with Crippen molar-refractivity contribution in [2.45, 2.75) is 98.2 Å². The Balaban J connectivity index is 0.000000273. The molecule has 5 aromatic rings. The molecular formula is C48H56N6O8-2. The highest BCUT2D eigenvalue weighted by molar-refractivity contribution is 5.84. The second-order valence-corrected chi connectivity index (χ2v) is 15.4. The van der Waals surface area contributed by atoms with E-state index in [2.05, 4.69) is 25.9 Å². The van der Waals surface area contributed by atoms with Gasteiger partial charge in [0.05, 0.1) is 24.5 Å². The van der Waals surface area contributed by atoms with Crippen LogP contribution in [0.4, 0.5) is 0 Å². The maximum absolute atomic E-state index is 12.8. The molecule has 62 heavy (non-hydrogen) atoms. The third kappa shape index (κ3) is 14.8. The van der Waals surface area contributed by atoms with Gasteiger partial charge in [0.25, 0.3) is 0 Å². The van der Waals surface area contributed by atoms with Crippen LogP contribution in [-0.4, -0.2) is 73.9 Å². The Morgan fingerprint density at radius 1 is 0.742 bits per heavy atom. The van der Waals surface area contributed by atoms with Crippen molar-refractivity contribution in [1.82, 2.24) is 30.8 Å². The standard InChI is InChI=1S/C24H29N5O3.C24H29NO5/c1-4-5-10-21(30)29(22(16(2)3)24(31)32)15-17-11-13-18(14-12-17)19-8-6-7-9-20(19)23-25-27-28-26-23;1-3-30-24(29)17(2)15-21(25-22(26)13-14-23(27)28)16-18-9-11-20(12-10-18)19-7-5-4-6-8-19/h6-9,11-14,16,22H,4-5,10,15H2,1-3H3,(H,31,32)(H,25,26,27,28);4-12,17,21H,3,13-16H2,1-2H3,(H,25,26)(H,27,28)/p-2/t22-;17-,21+/m01/s1. The van der Waals surface area contributed by atoms with Gasteiger partial charge >= 0.3 is 5.97 Å². The van der Waals surface area contributed by atoms with Crippen molar-refractivity contribution in [2.24, 2.45) is 11.8 Å². The van der Waals surface area contributed by atoms with E-state index in [4.69, 9.17) is 4.74 Å². The van der Waals surface area contributed by atoms with Crippen molar-refractivity contribution in [3.05, 3.63) is 114 Å². The van der Waals surface area contributed by atoms with Gasteiger partial charge in [-0.25, -0.2) is 0 Å². The Morgan fingerprint density at radius 2 is 1.35 bits per heavy atom. The number of benzene rings is 4. The van der Waals surface area contributed by atoms with Gasteiger partial charge in [-0.15, -0.1) is 10.2 Å². The van der Waals surface area contributed by atoms with Gasteiger partial charge < -0.3 is 34.8 Å². The summed E-state index contributed by atoms with van der Waals surface area (Å²) in [7, 11) is 0. The Labute approximate surface area is 363 Å². The molecule has 1 heterocycles. The Morgan fingerprint density at radius 3 is 1.94 bits per heavy atom. The molecular weight excluding hydrogens is 789 g/mol. The van der Waals surface area contributed by atoms with Gasteiger partial charge in [0, 0.05) is 37.0 Å². The van der Waals surface area contributed by atoms with Gasteiger partial charge in [0.15, 0.2) is 0 Å². The molecule has 14 nitrogen and oxygen atoms in total. The van der Waals surface area contributed by atoms with E-state index in [9.17, 15) is 34.2 Å². The maximum Gasteiger partial charge on any atom is 0.308 e. The summed E-state index contributed by atoms with van der Waals surface area (Å²) in [6.45, 7) is 9.60. The first-order valence-electron chi connectivity index (χ1n) is 21.0. The second-order valence-electron chi connectivity index (χ2n) is 15.4. The molecule has 0 bridgehead atoms. The molecule has 1 aromatic heterocycles. The number of nitrogens with zero attached hydrogens (tertiary/aromatic N) is 4. The number of carboxylic acids is 2. The lowest BCUT2D eigenvalue weighted by Crippen LogP contribution is -2.52. The van der Waals surface area contributed by atoms with E-state index in [1.54, 1.807) is 27.7 Å². The lowest BCUT2D eigenvalue weighted by molar-refractivity contribution is -0.313. The highest BCUT2D eigenvalue weighted by Gasteiger charge is 2.27. The molecule has 0 radical (unpaired) electrons. The number of esters is 1. The van der Waals surface area contributed by atoms with Crippen LogP contribution in [0.5, 0.6) is 0 Å². The number of tetrazole rings is 1. The number of carbonyl (C=O) groups is 5. The number of hydrogen-bond donors (Lipinski definition) is 2. The van der Waals surface area contributed by atoms with E-state index >= 15 is 0 Å². The monoisotopic (exact) mass is 844 g/mol. The lowest BCUT2D eigenvalue weighted by Gasteiger charge is -2.35. The average Bonchev–Trinajstić information content (AvgIpc) is 3.81. The van der Waals surface area contributed by atoms with Crippen molar-refractivity contribution >= 4 is 29.7 Å². The predicted octanol–water partition coefficient (Wildman–Crippen LogP) is 5.33. The molecule has 4 aromatic carbocycles. The van der Waals surface area contributed by atoms with Crippen LogP contribution in [-0.2, 0) is 41.7 Å². The molecule has 0 unspecified atom stereocenters. The highest BCUT2D eigenvalue weighted by atomic mass is 16.5. The molecule has 2 amide bonds. The average molecular weight is 845 g/mol. The van der Waals surface area contributed by atoms with Crippen LogP contribution >= 0.6 is 0 Å². The van der Waals surface area contributed by atoms with Crippen molar-refractivity contribution in [1.29, 1.82) is 0 Å². The fraction of sp³-hybridized carbons (Fsp3) is 0.375. The van der Waals surface area contributed by atoms with E-state index < -0.39 is 18.0 Å². The number of unbranched alkanes of at least 4 members (excludes halogenated alkanes) is 1. The number of carbonyl (C=O) groups excluding carboxylic acids is 5. The fourth-order valence-electron chi connectivity index (χ4n) is 7.03. The Bertz CT molecular complexity index is 2180. The van der Waals surface area contributed by atoms with Gasteiger partial charge in [-0.3, -0.25) is 14.4 Å². The number of aliphatic carboxylic acids is 2. The number of carboxylic acid groups (broad SMARTS) is 2. The van der Waals surface area contributed by atoms with Crippen LogP contribution in [0.15, 0.2) is 103 Å². The minimum Gasteiger partial charge on any atom is -0.550 e. The number of ether oxygens (including phenoxy) is 1. The van der Waals surface area contributed by atoms with Crippen molar-refractivity contribution in [3.63, 3.8) is 0 Å². The van der Waals surface area contributed by atoms with Gasteiger partial charge in [-0.05, 0) is 77.1 Å². The third-order valence-electron chi connectivity index (χ3n) is 10.2. The number of H-pyrrole nitrogens is 1. The van der Waals surface area contributed by atoms with Crippen LogP contribution in [0.3, 0.4) is 0 Å². The molecule has 2 N–H and O–H groups in total. The summed E-state index contributed by atoms with van der Waals surface area (Å²) >= 11 is 0. The molecule has 5 rings (SSSR count). The van der Waals surface area contributed by atoms with Crippen LogP contribution in [0, 0.1) is 11.8 Å². The Kier molecular flexibility index (Phi) is 19.0. The molecule has 0 saturated heterocycles. The lowest BCUT2D eigenvalue weighted by atomic mass is 9.94. The first-order chi connectivity index (χ1) is 29.8. The molecule has 14 heteroatoms. The largest absolute Gasteiger partial charge is 0.550 e. The molecule has 0 aliphatic carbocycles. The summed E-state index contributed by atoms with van der Waals surface area (Å²) < 4.78 is 5.07. The number of hydrogen-bond acceptors (Lipinski definition) is 11. The molecule has 0 aliphatic heterocycles. The molecule has 3 atom stereocenters. The van der Waals surface area contributed by atoms with Crippen LogP contribution in [0.1, 0.15) is 84.3 Å². The van der Waals surface area contributed by atoms with E-state index in [1.807, 2.05) is 110 Å². The first kappa shape index (κ1) is 48.0. The van der Waals surface area contributed by atoms with Crippen LogP contribution < -0.4 is 15.5 Å². The number of aromatic nitrogens is 4. The summed E-state index contributed by atoms with van der Waals surface area (Å²) in [5.41, 5.74) is 6.83. The van der Waals surface area contributed by atoms with Gasteiger partial charge in [-0.2, -0.15) is 5.21 Å². The number of aromatic amines is 1. The quantitative estimate of drug-likeness (QED) is 0.0902. The van der Waals surface area contributed by atoms with E-state index in [1.165, 1.54) is 4.90 Å². The zero-order valence-corrected chi connectivity index (χ0v) is 36.0. The summed E-state index contributed by atoms with van der Waals surface area (Å²) in [4.78, 5) is 60.9. The molecule has 0 saturated carbocycles. The van der Waals surface area contributed by atoms with Gasteiger partial charge in [0.2, 0.25) is 17.6 Å². The Hall–Kier alpha value is -6.70. The summed E-state index contributed by atoms with van der Waals surface area (Å²) in [6.07, 6.45) is 2.34. The predicted molar refractivity (Wildman–Crippen MR) is 231 cm³/mol. The summed E-state index contributed by atoms with van der Waals surface area (Å²) in [5, 5.41) is 39.5. The number of amides is 2. The smallest absolute Gasteiger partial charge is 0.308 e. The first-order valence-corrected chi connectivity index (χ1v) is 21.0. The fourth-order valence-corrected chi connectivity index (χ4v) is 7.03. The topological polar surface area (TPSA) is 210 Å². The molecule has 0 aliphatic rings. The number of nitrogens with one attached hydrogen (secondary N) is 2. The normalized spacial score (nSPS) is 12.3. The maximum atomic E-state index is 12.8. The second kappa shape index (κ2) is 24.5. The van der Waals surface area contributed by atoms with Gasteiger partial charge in [-0.1, -0.05) is 137 Å². The van der Waals surface area contributed by atoms with Crippen LogP contribution in [0.2, 0.25) is 0 Å². The minimum atomic E-state index is -1.27. The highest BCUT2D eigenvalue weighted by Crippen LogP contribution is 2.30. The zero-order chi connectivity index (χ0) is 45.0. The van der Waals surface area contributed by atoms with E-state index in [0.717, 1.165) is 51.8 Å². The zero-order valence-electron chi connectivity index (χ0n) is 36.0. The van der Waals surface area contributed by atoms with E-state index in [0.29, 0.717) is 31.7 Å². The molecule has 328 valence electrons. The van der Waals surface area contributed by atoms with E-state index in [-0.39, 0.29) is 55.0 Å². The molecule has 0 spiro atoms. The van der Waals surface area contributed by atoms with Gasteiger partial charge in [0.1, 0.15) is 0 Å².